The second kappa shape index (κ2) is 7.11. The van der Waals surface area contributed by atoms with Crippen molar-refractivity contribution in [1.82, 2.24) is 9.96 Å². The molecular weight excluding hydrogens is 361 g/mol. The van der Waals surface area contributed by atoms with Gasteiger partial charge in [0.25, 0.3) is 5.91 Å². The highest BCUT2D eigenvalue weighted by Crippen LogP contribution is 2.35. The number of nitrogens with two attached hydrogens (primary N) is 1. The average Bonchev–Trinajstić information content (AvgIpc) is 3.08. The van der Waals surface area contributed by atoms with Gasteiger partial charge < -0.3 is 20.5 Å². The van der Waals surface area contributed by atoms with Crippen LogP contribution >= 0.6 is 12.2 Å². The van der Waals surface area contributed by atoms with Crippen LogP contribution in [0.2, 0.25) is 0 Å². The van der Waals surface area contributed by atoms with Gasteiger partial charge >= 0.3 is 17.7 Å². The van der Waals surface area contributed by atoms with Crippen molar-refractivity contribution in [2.45, 2.75) is 31.0 Å². The van der Waals surface area contributed by atoms with Crippen LogP contribution < -0.4 is 5.73 Å². The summed E-state index contributed by atoms with van der Waals surface area (Å²) in [5, 5.41) is 9.83. The lowest BCUT2D eigenvalue weighted by Gasteiger charge is -2.31. The normalized spacial score (nSPS) is 26.1. The zero-order valence-corrected chi connectivity index (χ0v) is 13.5. The van der Waals surface area contributed by atoms with E-state index >= 15 is 0 Å². The van der Waals surface area contributed by atoms with E-state index in [1.165, 1.54) is 0 Å². The Morgan fingerprint density at radius 1 is 1.52 bits per heavy atom. The van der Waals surface area contributed by atoms with Gasteiger partial charge in [0, 0.05) is 12.6 Å². The second-order valence-electron chi connectivity index (χ2n) is 5.23. The standard InChI is InChI=1S/C13H14FN3O7S/c14-3-4-16(9(25)5-8(15)18)7-6-23-17(11(7)20)13(12(21)22)2-1-10(19)24-13/h3-4,7H,1-2,5-6H2,(H2,15,18)(H,21,22)/t7-,13?/m0/s1. The van der Waals surface area contributed by atoms with Gasteiger partial charge in [-0.3, -0.25) is 19.2 Å². The Hall–Kier alpha value is -2.60. The predicted molar refractivity (Wildman–Crippen MR) is 80.8 cm³/mol. The first kappa shape index (κ1) is 18.7. The van der Waals surface area contributed by atoms with Gasteiger partial charge in [0.05, 0.1) is 17.8 Å². The first-order valence-corrected chi connectivity index (χ1v) is 7.42. The van der Waals surface area contributed by atoms with Crippen LogP contribution in [0.15, 0.2) is 12.5 Å². The van der Waals surface area contributed by atoms with Gasteiger partial charge in [0.15, 0.2) is 0 Å². The molecule has 2 amide bonds. The number of cyclic esters (lactones) is 1. The van der Waals surface area contributed by atoms with E-state index < -0.39 is 48.5 Å². The highest BCUT2D eigenvalue weighted by atomic mass is 32.1. The lowest BCUT2D eigenvalue weighted by Crippen LogP contribution is -2.56. The quantitative estimate of drug-likeness (QED) is 0.451. The third-order valence-corrected chi connectivity index (χ3v) is 3.98. The van der Waals surface area contributed by atoms with Crippen LogP contribution in [0.5, 0.6) is 0 Å². The Balaban J connectivity index is 2.27. The molecule has 0 aromatic rings. The molecule has 10 nitrogen and oxygen atoms in total. The SMILES string of the molecule is NC(=O)CC(=S)N(C=CF)[C@H]1CON(C2(C(=O)O)CCC(=O)O2)C1=O. The summed E-state index contributed by atoms with van der Waals surface area (Å²) in [4.78, 5) is 52.4. The number of carbonyl (C=O) groups excluding carboxylic acids is 3. The monoisotopic (exact) mass is 375 g/mol. The number of aliphatic carboxylic acids is 1. The maximum atomic E-state index is 12.6. The molecule has 2 saturated heterocycles. The molecule has 2 heterocycles. The van der Waals surface area contributed by atoms with Crippen molar-refractivity contribution in [3.63, 3.8) is 0 Å². The molecule has 2 fully saturated rings. The first-order valence-electron chi connectivity index (χ1n) is 7.01. The van der Waals surface area contributed by atoms with Gasteiger partial charge in [-0.05, 0) is 0 Å². The van der Waals surface area contributed by atoms with E-state index in [1.54, 1.807) is 0 Å². The number of ether oxygens (including phenoxy) is 1. The number of thiocarbonyl (C=S) groups is 1. The van der Waals surface area contributed by atoms with Gasteiger partial charge in [-0.25, -0.2) is 9.18 Å². The zero-order valence-electron chi connectivity index (χ0n) is 12.7. The van der Waals surface area contributed by atoms with Crippen LogP contribution in [-0.2, 0) is 28.8 Å². The van der Waals surface area contributed by atoms with E-state index in [-0.39, 0.29) is 24.2 Å². The molecule has 0 bridgehead atoms. The van der Waals surface area contributed by atoms with Gasteiger partial charge in [-0.2, -0.15) is 5.06 Å². The summed E-state index contributed by atoms with van der Waals surface area (Å²) in [5.74, 6) is -4.09. The number of carboxylic acids is 1. The van der Waals surface area contributed by atoms with Gasteiger partial charge in [0.1, 0.15) is 19.0 Å². The third kappa shape index (κ3) is 3.44. The van der Waals surface area contributed by atoms with Crippen molar-refractivity contribution in [3.8, 4) is 0 Å². The first-order chi connectivity index (χ1) is 11.7. The molecule has 1 unspecified atom stereocenters. The van der Waals surface area contributed by atoms with Crippen molar-refractivity contribution in [3.05, 3.63) is 12.5 Å². The Bertz CT molecular complexity index is 670. The molecule has 2 rings (SSSR count). The highest BCUT2D eigenvalue weighted by Gasteiger charge is 2.59. The van der Waals surface area contributed by atoms with Gasteiger partial charge in [-0.15, -0.1) is 0 Å². The predicted octanol–water partition coefficient (Wildman–Crippen LogP) is -0.808. The van der Waals surface area contributed by atoms with E-state index in [1.807, 2.05) is 0 Å². The summed E-state index contributed by atoms with van der Waals surface area (Å²) in [5.41, 5.74) is 2.74. The van der Waals surface area contributed by atoms with Crippen LogP contribution in [0, 0.1) is 0 Å². The van der Waals surface area contributed by atoms with E-state index in [0.717, 1.165) is 11.1 Å². The van der Waals surface area contributed by atoms with Crippen molar-refractivity contribution >= 4 is 41.0 Å². The minimum Gasteiger partial charge on any atom is -0.477 e. The summed E-state index contributed by atoms with van der Waals surface area (Å²) >= 11 is 4.96. The number of carbonyl (C=O) groups is 4. The van der Waals surface area contributed by atoms with Crippen molar-refractivity contribution in [2.75, 3.05) is 6.61 Å². The number of hydrogen-bond acceptors (Lipinski definition) is 7. The van der Waals surface area contributed by atoms with Crippen LogP contribution in [0.1, 0.15) is 19.3 Å². The fourth-order valence-electron chi connectivity index (χ4n) is 2.50. The summed E-state index contributed by atoms with van der Waals surface area (Å²) in [6, 6.07) is -1.24. The molecule has 25 heavy (non-hydrogen) atoms. The smallest absolute Gasteiger partial charge is 0.372 e. The highest BCUT2D eigenvalue weighted by molar-refractivity contribution is 7.80. The Morgan fingerprint density at radius 3 is 2.68 bits per heavy atom. The molecule has 12 heteroatoms. The zero-order chi connectivity index (χ0) is 18.8. The Kier molecular flexibility index (Phi) is 5.33. The van der Waals surface area contributed by atoms with Gasteiger partial charge in [-0.1, -0.05) is 12.2 Å². The van der Waals surface area contributed by atoms with Crippen LogP contribution in [-0.4, -0.2) is 62.2 Å². The lowest BCUT2D eigenvalue weighted by atomic mass is 10.1. The maximum Gasteiger partial charge on any atom is 0.372 e. The fourth-order valence-corrected chi connectivity index (χ4v) is 2.83. The number of primary amides is 1. The summed E-state index contributed by atoms with van der Waals surface area (Å²) in [6.07, 6.45) is -0.0499. The minimum absolute atomic E-state index is 0.0891. The minimum atomic E-state index is -2.29. The molecule has 0 spiro atoms. The molecule has 0 radical (unpaired) electrons. The molecule has 3 N–H and O–H groups in total. The number of amides is 2. The molecule has 0 aromatic heterocycles. The molecule has 0 aliphatic carbocycles. The number of carboxylic acid groups (broad SMARTS) is 1. The van der Waals surface area contributed by atoms with Crippen LogP contribution in [0.3, 0.4) is 0 Å². The summed E-state index contributed by atoms with van der Waals surface area (Å²) in [7, 11) is 0. The molecule has 0 aromatic carbocycles. The van der Waals surface area contributed by atoms with E-state index in [4.69, 9.17) is 27.5 Å². The molecule has 0 saturated carbocycles. The average molecular weight is 375 g/mol. The molecule has 136 valence electrons. The van der Waals surface area contributed by atoms with E-state index in [9.17, 15) is 28.7 Å². The van der Waals surface area contributed by atoms with Crippen molar-refractivity contribution < 1.29 is 38.2 Å². The van der Waals surface area contributed by atoms with E-state index in [2.05, 4.69) is 0 Å². The van der Waals surface area contributed by atoms with Gasteiger partial charge in [0.2, 0.25) is 5.91 Å². The van der Waals surface area contributed by atoms with Crippen LogP contribution in [0.4, 0.5) is 4.39 Å². The maximum absolute atomic E-state index is 12.6. The number of hydrogen-bond donors (Lipinski definition) is 2. The van der Waals surface area contributed by atoms with Crippen LogP contribution in [0.25, 0.3) is 0 Å². The number of nitrogens with zero attached hydrogens (tertiary/aromatic N) is 2. The molecular formula is C13H14FN3O7S. The number of rotatable bonds is 6. The Morgan fingerprint density at radius 2 is 2.20 bits per heavy atom. The molecule has 2 atom stereocenters. The summed E-state index contributed by atoms with van der Waals surface area (Å²) < 4.78 is 17.4. The fraction of sp³-hybridized carbons (Fsp3) is 0.462. The molecule has 2 aliphatic heterocycles. The number of esters is 1. The number of halogens is 1. The summed E-state index contributed by atoms with van der Waals surface area (Å²) in [6.45, 7) is -0.394. The topological polar surface area (TPSA) is 139 Å². The number of hydroxylamine groups is 2. The van der Waals surface area contributed by atoms with E-state index in [0.29, 0.717) is 5.06 Å². The van der Waals surface area contributed by atoms with Crippen molar-refractivity contribution in [2.24, 2.45) is 5.73 Å². The lowest BCUT2D eigenvalue weighted by molar-refractivity contribution is -0.256. The molecule has 2 aliphatic rings. The third-order valence-electron chi connectivity index (χ3n) is 3.63. The van der Waals surface area contributed by atoms with Crippen molar-refractivity contribution in [1.29, 1.82) is 0 Å². The second-order valence-corrected chi connectivity index (χ2v) is 5.70. The Labute approximate surface area is 145 Å². The largest absolute Gasteiger partial charge is 0.477 e.